The lowest BCUT2D eigenvalue weighted by atomic mass is 10.1. The molecular weight excluding hydrogens is 335 g/mol. The first kappa shape index (κ1) is 16.8. The molecule has 1 aromatic carbocycles. The molecule has 1 atom stereocenters. The second-order valence-electron chi connectivity index (χ2n) is 5.39. The molecule has 130 valence electrons. The van der Waals surface area contributed by atoms with Gasteiger partial charge < -0.3 is 10.1 Å². The third kappa shape index (κ3) is 4.09. The number of hydrogen-bond donors (Lipinski definition) is 1. The Hall–Kier alpha value is -3.03. The third-order valence-electron chi connectivity index (χ3n) is 3.55. The van der Waals surface area contributed by atoms with Crippen LogP contribution in [0.15, 0.2) is 59.5 Å². The van der Waals surface area contributed by atoms with E-state index in [-0.39, 0.29) is 17.4 Å². The van der Waals surface area contributed by atoms with Crippen molar-refractivity contribution in [3.05, 3.63) is 70.6 Å². The van der Waals surface area contributed by atoms with Crippen molar-refractivity contribution in [3.63, 3.8) is 0 Å². The zero-order valence-corrected chi connectivity index (χ0v) is 13.1. The van der Waals surface area contributed by atoms with Crippen molar-refractivity contribution in [2.75, 3.05) is 5.32 Å². The molecule has 0 saturated heterocycles. The van der Waals surface area contributed by atoms with Gasteiger partial charge in [-0.25, -0.2) is 4.98 Å². The summed E-state index contributed by atoms with van der Waals surface area (Å²) in [5, 5.41) is 3.07. The van der Waals surface area contributed by atoms with Crippen LogP contribution in [0.4, 0.5) is 19.0 Å². The summed E-state index contributed by atoms with van der Waals surface area (Å²) in [6.45, 7) is 1.81. The van der Waals surface area contributed by atoms with E-state index in [2.05, 4.69) is 15.0 Å². The first-order chi connectivity index (χ1) is 11.8. The normalized spacial score (nSPS) is 12.8. The monoisotopic (exact) mass is 349 g/mol. The maximum absolute atomic E-state index is 12.2. The van der Waals surface area contributed by atoms with Crippen LogP contribution in [0.1, 0.15) is 18.5 Å². The van der Waals surface area contributed by atoms with E-state index in [0.717, 1.165) is 5.56 Å². The lowest BCUT2D eigenvalue weighted by Crippen LogP contribution is -2.18. The van der Waals surface area contributed by atoms with Gasteiger partial charge in [0.15, 0.2) is 0 Å². The fraction of sp³-hybridized carbons (Fsp3) is 0.176. The average Bonchev–Trinajstić information content (AvgIpc) is 2.54. The molecular formula is C17H14F3N3O2. The van der Waals surface area contributed by atoms with Crippen LogP contribution in [0, 0.1) is 0 Å². The Labute approximate surface area is 140 Å². The molecule has 0 amide bonds. The number of anilines is 1. The second-order valence-corrected chi connectivity index (χ2v) is 5.39. The molecule has 2 aromatic heterocycles. The van der Waals surface area contributed by atoms with Crippen molar-refractivity contribution in [1.82, 2.24) is 9.38 Å². The number of aromatic nitrogens is 2. The van der Waals surface area contributed by atoms with Gasteiger partial charge in [-0.3, -0.25) is 9.20 Å². The highest BCUT2D eigenvalue weighted by Gasteiger charge is 2.31. The van der Waals surface area contributed by atoms with Gasteiger partial charge >= 0.3 is 6.36 Å². The number of halogens is 3. The lowest BCUT2D eigenvalue weighted by Gasteiger charge is -2.16. The predicted octanol–water partition coefficient (Wildman–Crippen LogP) is 3.77. The molecule has 0 unspecified atom stereocenters. The Balaban J connectivity index is 1.78. The Morgan fingerprint density at radius 3 is 2.56 bits per heavy atom. The number of nitrogens with one attached hydrogen (secondary N) is 1. The summed E-state index contributed by atoms with van der Waals surface area (Å²) in [5.74, 6) is 0.102. The molecule has 0 bridgehead atoms. The summed E-state index contributed by atoms with van der Waals surface area (Å²) in [5.41, 5.74) is 0.998. The summed E-state index contributed by atoms with van der Waals surface area (Å²) >= 11 is 0. The van der Waals surface area contributed by atoms with Gasteiger partial charge in [0.2, 0.25) is 0 Å². The SMILES string of the molecule is C[C@H](Nc1cc(=O)n2ccccc2n1)c1ccc(OC(F)(F)F)cc1. The molecule has 5 nitrogen and oxygen atoms in total. The molecule has 0 spiro atoms. The van der Waals surface area contributed by atoms with Crippen molar-refractivity contribution < 1.29 is 17.9 Å². The van der Waals surface area contributed by atoms with E-state index in [1.54, 1.807) is 24.4 Å². The highest BCUT2D eigenvalue weighted by atomic mass is 19.4. The Morgan fingerprint density at radius 2 is 1.88 bits per heavy atom. The largest absolute Gasteiger partial charge is 0.573 e. The van der Waals surface area contributed by atoms with Crippen LogP contribution >= 0.6 is 0 Å². The topological polar surface area (TPSA) is 55.6 Å². The summed E-state index contributed by atoms with van der Waals surface area (Å²) < 4.78 is 41.8. The van der Waals surface area contributed by atoms with Crippen LogP contribution in [-0.4, -0.2) is 15.7 Å². The Bertz CT molecular complexity index is 936. The molecule has 0 aliphatic carbocycles. The van der Waals surface area contributed by atoms with E-state index in [1.165, 1.54) is 34.7 Å². The summed E-state index contributed by atoms with van der Waals surface area (Å²) in [6, 6.07) is 11.8. The number of alkyl halides is 3. The molecule has 1 N–H and O–H groups in total. The number of hydrogen-bond acceptors (Lipinski definition) is 4. The molecule has 0 fully saturated rings. The number of nitrogens with zero attached hydrogens (tertiary/aromatic N) is 2. The van der Waals surface area contributed by atoms with E-state index in [9.17, 15) is 18.0 Å². The smallest absolute Gasteiger partial charge is 0.406 e. The van der Waals surface area contributed by atoms with Gasteiger partial charge in [0.1, 0.15) is 17.2 Å². The lowest BCUT2D eigenvalue weighted by molar-refractivity contribution is -0.274. The standard InChI is InChI=1S/C17H14F3N3O2/c1-11(12-5-7-13(8-6-12)25-17(18,19)20)21-14-10-16(24)23-9-3-2-4-15(23)22-14/h2-11,21H,1H3/t11-/m0/s1. The van der Waals surface area contributed by atoms with Crippen LogP contribution in [-0.2, 0) is 0 Å². The number of rotatable bonds is 4. The quantitative estimate of drug-likeness (QED) is 0.779. The number of pyridine rings is 1. The second kappa shape index (κ2) is 6.46. The van der Waals surface area contributed by atoms with Gasteiger partial charge in [-0.05, 0) is 36.8 Å². The van der Waals surface area contributed by atoms with Crippen LogP contribution in [0.5, 0.6) is 5.75 Å². The van der Waals surface area contributed by atoms with Crippen LogP contribution in [0.2, 0.25) is 0 Å². The van der Waals surface area contributed by atoms with E-state index >= 15 is 0 Å². The summed E-state index contributed by atoms with van der Waals surface area (Å²) in [4.78, 5) is 16.4. The number of benzene rings is 1. The molecule has 25 heavy (non-hydrogen) atoms. The Kier molecular flexibility index (Phi) is 4.35. The van der Waals surface area contributed by atoms with Gasteiger partial charge in [0.25, 0.3) is 5.56 Å². The first-order valence-corrected chi connectivity index (χ1v) is 7.42. The van der Waals surface area contributed by atoms with Crippen molar-refractivity contribution in [2.24, 2.45) is 0 Å². The van der Waals surface area contributed by atoms with Crippen molar-refractivity contribution in [2.45, 2.75) is 19.3 Å². The Morgan fingerprint density at radius 1 is 1.16 bits per heavy atom. The van der Waals surface area contributed by atoms with Crippen molar-refractivity contribution in [3.8, 4) is 5.75 Å². The van der Waals surface area contributed by atoms with E-state index < -0.39 is 6.36 Å². The van der Waals surface area contributed by atoms with Crippen molar-refractivity contribution >= 4 is 11.5 Å². The maximum Gasteiger partial charge on any atom is 0.573 e. The summed E-state index contributed by atoms with van der Waals surface area (Å²) in [6.07, 6.45) is -3.10. The number of fused-ring (bicyclic) bond motifs is 1. The van der Waals surface area contributed by atoms with Gasteiger partial charge in [-0.2, -0.15) is 0 Å². The first-order valence-electron chi connectivity index (χ1n) is 7.42. The molecule has 3 aromatic rings. The molecule has 0 saturated carbocycles. The predicted molar refractivity (Wildman–Crippen MR) is 86.6 cm³/mol. The van der Waals surface area contributed by atoms with Crippen LogP contribution in [0.3, 0.4) is 0 Å². The summed E-state index contributed by atoms with van der Waals surface area (Å²) in [7, 11) is 0. The average molecular weight is 349 g/mol. The minimum absolute atomic E-state index is 0.228. The molecule has 0 radical (unpaired) electrons. The zero-order valence-electron chi connectivity index (χ0n) is 13.1. The minimum atomic E-state index is -4.72. The molecule has 0 aliphatic rings. The third-order valence-corrected chi connectivity index (χ3v) is 3.55. The van der Waals surface area contributed by atoms with E-state index in [4.69, 9.17) is 0 Å². The van der Waals surface area contributed by atoms with Gasteiger partial charge in [0, 0.05) is 18.3 Å². The molecule has 3 rings (SSSR count). The fourth-order valence-corrected chi connectivity index (χ4v) is 2.39. The molecule has 8 heteroatoms. The van der Waals surface area contributed by atoms with E-state index in [1.807, 2.05) is 6.92 Å². The maximum atomic E-state index is 12.2. The van der Waals surface area contributed by atoms with Crippen LogP contribution < -0.4 is 15.6 Å². The van der Waals surface area contributed by atoms with Gasteiger partial charge in [0.05, 0.1) is 0 Å². The van der Waals surface area contributed by atoms with Crippen molar-refractivity contribution in [1.29, 1.82) is 0 Å². The van der Waals surface area contributed by atoms with Gasteiger partial charge in [-0.15, -0.1) is 13.2 Å². The minimum Gasteiger partial charge on any atom is -0.406 e. The van der Waals surface area contributed by atoms with Gasteiger partial charge in [-0.1, -0.05) is 18.2 Å². The number of ether oxygens (including phenoxy) is 1. The zero-order chi connectivity index (χ0) is 18.0. The molecule has 2 heterocycles. The fourth-order valence-electron chi connectivity index (χ4n) is 2.39. The van der Waals surface area contributed by atoms with E-state index in [0.29, 0.717) is 11.5 Å². The van der Waals surface area contributed by atoms with Crippen LogP contribution in [0.25, 0.3) is 5.65 Å². The highest BCUT2D eigenvalue weighted by Crippen LogP contribution is 2.25. The highest BCUT2D eigenvalue weighted by molar-refractivity contribution is 5.47. The molecule has 0 aliphatic heterocycles.